The molecule has 0 aromatic carbocycles. The van der Waals surface area contributed by atoms with Crippen LogP contribution in [0.5, 0.6) is 0 Å². The van der Waals surface area contributed by atoms with Crippen LogP contribution in [0, 0.1) is 56.2 Å². The molecule has 0 radical (unpaired) electrons. The maximum atomic E-state index is 14.3. The van der Waals surface area contributed by atoms with Crippen LogP contribution in [0.4, 0.5) is 0 Å². The number of likely N-dealkylation sites (N-methyl/N-ethyl adjacent to an activating group) is 1. The molecule has 312 valence electrons. The van der Waals surface area contributed by atoms with E-state index in [2.05, 4.69) is 90.3 Å². The number of hydrogen-bond donors (Lipinski definition) is 1. The van der Waals surface area contributed by atoms with E-state index in [4.69, 9.17) is 4.74 Å². The average molecular weight is 774 g/mol. The third kappa shape index (κ3) is 7.13. The minimum absolute atomic E-state index is 0.0741. The van der Waals surface area contributed by atoms with Crippen molar-refractivity contribution in [1.82, 2.24) is 14.8 Å². The lowest BCUT2D eigenvalue weighted by Gasteiger charge is -2.72. The van der Waals surface area contributed by atoms with Gasteiger partial charge in [-0.25, -0.2) is 0 Å². The summed E-state index contributed by atoms with van der Waals surface area (Å²) in [5, 5.41) is 9.65. The molecule has 1 aromatic rings. The van der Waals surface area contributed by atoms with Crippen LogP contribution in [0.25, 0.3) is 0 Å². The van der Waals surface area contributed by atoms with Crippen LogP contribution in [-0.4, -0.2) is 77.4 Å². The quantitative estimate of drug-likeness (QED) is 0.198. The second-order valence-electron chi connectivity index (χ2n) is 21.7. The number of esters is 1. The van der Waals surface area contributed by atoms with E-state index >= 15 is 0 Å². The van der Waals surface area contributed by atoms with Gasteiger partial charge >= 0.3 is 11.9 Å². The monoisotopic (exact) mass is 774 g/mol. The SMILES string of the molecule is CC(C)C1=C2[C@H]3CCC4[C@@]5(C)CC[C@H](OC(=O)CC(C)(C)C(=O)O)C(C)(C)[C@@H]5CC[C@@]4(C)[C@]3(C)CC[C@@]2(CCN(CCN(C)C)C(C)c2cccnc2)CC1=O. The molecule has 56 heavy (non-hydrogen) atoms. The summed E-state index contributed by atoms with van der Waals surface area (Å²) in [7, 11) is 4.30. The van der Waals surface area contributed by atoms with Gasteiger partial charge in [0, 0.05) is 48.8 Å². The number of nitrogens with zero attached hydrogens (tertiary/aromatic N) is 3. The first kappa shape index (κ1) is 43.0. The summed E-state index contributed by atoms with van der Waals surface area (Å²) >= 11 is 0. The fraction of sp³-hybridized carbons (Fsp3) is 0.792. The minimum atomic E-state index is -1.15. The Balaban J connectivity index is 1.27. The topological polar surface area (TPSA) is 100 Å². The van der Waals surface area contributed by atoms with E-state index in [1.54, 1.807) is 19.4 Å². The molecule has 9 atom stereocenters. The molecule has 1 heterocycles. The predicted molar refractivity (Wildman–Crippen MR) is 223 cm³/mol. The molecule has 0 saturated heterocycles. The van der Waals surface area contributed by atoms with Crippen LogP contribution in [0.15, 0.2) is 35.7 Å². The molecule has 6 rings (SSSR count). The Kier molecular flexibility index (Phi) is 11.7. The van der Waals surface area contributed by atoms with Gasteiger partial charge in [-0.3, -0.25) is 24.3 Å². The van der Waals surface area contributed by atoms with Crippen molar-refractivity contribution in [2.75, 3.05) is 33.7 Å². The van der Waals surface area contributed by atoms with Gasteiger partial charge in [-0.15, -0.1) is 0 Å². The highest BCUT2D eigenvalue weighted by molar-refractivity contribution is 6.00. The lowest BCUT2D eigenvalue weighted by Crippen LogP contribution is -2.65. The number of carboxylic acid groups (broad SMARTS) is 1. The number of ketones is 1. The Labute approximate surface area is 339 Å². The van der Waals surface area contributed by atoms with Gasteiger partial charge in [0.05, 0.1) is 11.8 Å². The lowest BCUT2D eigenvalue weighted by atomic mass is 9.33. The molecule has 4 fully saturated rings. The zero-order valence-corrected chi connectivity index (χ0v) is 37.1. The molecule has 8 nitrogen and oxygen atoms in total. The standard InChI is InChI=1S/C48H75N3O5/c1-31(2)40-35(52)28-48(23-25-51(27-26-50(11)12)32(3)33-14-13-24-49-30-33)22-21-46(9)34(41(40)48)15-16-37-45(8)19-18-38(56-39(53)29-43(4,5)42(54)55)44(6,7)36(45)17-20-47(37,46)10/h13-14,24,30-32,34,36-38H,15-23,25-29H2,1-12H3,(H,54,55)/t32?,34-,36+,37?,38+,45+,46-,47-,48-/m1/s1. The Morgan fingerprint density at radius 3 is 2.27 bits per heavy atom. The number of aromatic nitrogens is 1. The normalized spacial score (nSPS) is 35.9. The lowest BCUT2D eigenvalue weighted by molar-refractivity contribution is -0.233. The third-order valence-electron chi connectivity index (χ3n) is 17.4. The van der Waals surface area contributed by atoms with Gasteiger partial charge in [0.15, 0.2) is 5.78 Å². The van der Waals surface area contributed by atoms with Crippen molar-refractivity contribution in [3.8, 4) is 0 Å². The van der Waals surface area contributed by atoms with E-state index in [0.717, 1.165) is 76.6 Å². The van der Waals surface area contributed by atoms with E-state index in [-0.39, 0.29) is 51.6 Å². The predicted octanol–water partition coefficient (Wildman–Crippen LogP) is 9.79. The first-order valence-electron chi connectivity index (χ1n) is 22.0. The van der Waals surface area contributed by atoms with E-state index in [0.29, 0.717) is 30.0 Å². The summed E-state index contributed by atoms with van der Waals surface area (Å²) in [5.41, 5.74) is 2.86. The number of fused-ring (bicyclic) bond motifs is 7. The number of ether oxygens (including phenoxy) is 1. The number of hydrogen-bond acceptors (Lipinski definition) is 7. The number of rotatable bonds is 13. The second kappa shape index (κ2) is 15.2. The highest BCUT2D eigenvalue weighted by Crippen LogP contribution is 2.77. The second-order valence-corrected chi connectivity index (χ2v) is 21.7. The van der Waals surface area contributed by atoms with Crippen LogP contribution >= 0.6 is 0 Å². The molecule has 1 N–H and O–H groups in total. The highest BCUT2D eigenvalue weighted by atomic mass is 16.5. The van der Waals surface area contributed by atoms with Gasteiger partial charge in [0.1, 0.15) is 6.10 Å². The zero-order valence-electron chi connectivity index (χ0n) is 37.1. The number of pyridine rings is 1. The van der Waals surface area contributed by atoms with Gasteiger partial charge < -0.3 is 14.7 Å². The smallest absolute Gasteiger partial charge is 0.309 e. The molecule has 5 aliphatic carbocycles. The van der Waals surface area contributed by atoms with E-state index in [1.165, 1.54) is 12.0 Å². The number of carbonyl (C=O) groups is 3. The van der Waals surface area contributed by atoms with Crippen molar-refractivity contribution in [2.45, 2.75) is 152 Å². The van der Waals surface area contributed by atoms with Crippen molar-refractivity contribution < 1.29 is 24.2 Å². The maximum Gasteiger partial charge on any atom is 0.309 e. The molecule has 4 saturated carbocycles. The maximum absolute atomic E-state index is 14.3. The molecule has 2 unspecified atom stereocenters. The first-order chi connectivity index (χ1) is 26.0. The Morgan fingerprint density at radius 2 is 1.64 bits per heavy atom. The summed E-state index contributed by atoms with van der Waals surface area (Å²) in [4.78, 5) is 48.6. The van der Waals surface area contributed by atoms with Gasteiger partial charge in [-0.2, -0.15) is 0 Å². The summed E-state index contributed by atoms with van der Waals surface area (Å²) in [6.07, 6.45) is 13.8. The van der Waals surface area contributed by atoms with E-state index in [1.807, 2.05) is 18.5 Å². The number of allylic oxidation sites excluding steroid dienone is 2. The summed E-state index contributed by atoms with van der Waals surface area (Å²) in [5.74, 6) is 0.621. The van der Waals surface area contributed by atoms with Crippen LogP contribution < -0.4 is 0 Å². The van der Waals surface area contributed by atoms with Crippen molar-refractivity contribution >= 4 is 17.7 Å². The van der Waals surface area contributed by atoms with Crippen LogP contribution in [0.1, 0.15) is 151 Å². The van der Waals surface area contributed by atoms with Crippen molar-refractivity contribution in [3.63, 3.8) is 0 Å². The average Bonchev–Trinajstić information content (AvgIpc) is 3.41. The number of carboxylic acids is 1. The number of carbonyl (C=O) groups excluding carboxylic acids is 2. The number of aliphatic carboxylic acids is 1. The van der Waals surface area contributed by atoms with Crippen LogP contribution in [-0.2, 0) is 19.1 Å². The Morgan fingerprint density at radius 1 is 0.929 bits per heavy atom. The van der Waals surface area contributed by atoms with Gasteiger partial charge in [0.2, 0.25) is 0 Å². The largest absolute Gasteiger partial charge is 0.481 e. The Bertz CT molecular complexity index is 1680. The highest BCUT2D eigenvalue weighted by Gasteiger charge is 2.70. The molecule has 0 amide bonds. The van der Waals surface area contributed by atoms with Gasteiger partial charge in [0.25, 0.3) is 0 Å². The van der Waals surface area contributed by atoms with Crippen LogP contribution in [0.3, 0.4) is 0 Å². The molecule has 8 heteroatoms. The Hall–Kier alpha value is -2.58. The molecule has 5 aliphatic rings. The summed E-state index contributed by atoms with van der Waals surface area (Å²) in [6.45, 7) is 25.4. The van der Waals surface area contributed by atoms with Gasteiger partial charge in [-0.1, -0.05) is 60.1 Å². The minimum Gasteiger partial charge on any atom is -0.481 e. The van der Waals surface area contributed by atoms with E-state index in [9.17, 15) is 19.5 Å². The summed E-state index contributed by atoms with van der Waals surface area (Å²) < 4.78 is 6.21. The number of Topliss-reactive ketones (excluding diaryl/α,β-unsaturated/α-hetero) is 1. The van der Waals surface area contributed by atoms with Crippen molar-refractivity contribution in [3.05, 3.63) is 41.2 Å². The molecule has 1 aromatic heterocycles. The van der Waals surface area contributed by atoms with Gasteiger partial charge in [-0.05, 0) is 156 Å². The van der Waals surface area contributed by atoms with E-state index < -0.39 is 17.4 Å². The van der Waals surface area contributed by atoms with Crippen molar-refractivity contribution in [2.24, 2.45) is 56.2 Å². The fourth-order valence-electron chi connectivity index (χ4n) is 13.9. The molecule has 0 aliphatic heterocycles. The first-order valence-corrected chi connectivity index (χ1v) is 22.0. The zero-order chi connectivity index (χ0) is 41.2. The molecule has 0 spiro atoms. The fourth-order valence-corrected chi connectivity index (χ4v) is 13.9. The van der Waals surface area contributed by atoms with Crippen molar-refractivity contribution in [1.29, 1.82) is 0 Å². The third-order valence-corrected chi connectivity index (χ3v) is 17.4. The molecular weight excluding hydrogens is 699 g/mol. The molecule has 0 bridgehead atoms. The van der Waals surface area contributed by atoms with Crippen LogP contribution in [0.2, 0.25) is 0 Å². The summed E-state index contributed by atoms with van der Waals surface area (Å²) in [6, 6.07) is 4.48. The molecular formula is C48H75N3O5.